The number of nitrogens with one attached hydrogen (secondary N) is 3. The number of amides is 2. The molecule has 1 atom stereocenters. The molecule has 1 saturated heterocycles. The van der Waals surface area contributed by atoms with Crippen molar-refractivity contribution in [3.63, 3.8) is 0 Å². The molecule has 6 nitrogen and oxygen atoms in total. The van der Waals surface area contributed by atoms with Gasteiger partial charge in [-0.25, -0.2) is 0 Å². The minimum Gasteiger partial charge on any atom is -0.383 e. The Morgan fingerprint density at radius 1 is 1.55 bits per heavy atom. The zero-order valence-electron chi connectivity index (χ0n) is 11.6. The van der Waals surface area contributed by atoms with Crippen LogP contribution in [0.3, 0.4) is 0 Å². The lowest BCUT2D eigenvalue weighted by atomic mass is 10.1. The van der Waals surface area contributed by atoms with E-state index in [0.29, 0.717) is 24.9 Å². The van der Waals surface area contributed by atoms with Gasteiger partial charge in [-0.3, -0.25) is 14.6 Å². The number of carbonyl (C=O) groups excluding carboxylic acids is 2. The largest absolute Gasteiger partial charge is 0.383 e. The van der Waals surface area contributed by atoms with Crippen molar-refractivity contribution in [2.45, 2.75) is 32.2 Å². The Bertz CT molecular complexity index is 480. The molecule has 2 rings (SSSR count). The van der Waals surface area contributed by atoms with Crippen molar-refractivity contribution in [1.82, 2.24) is 15.6 Å². The molecule has 0 saturated carbocycles. The van der Waals surface area contributed by atoms with Crippen LogP contribution in [0.1, 0.15) is 36.5 Å². The number of hydrogen-bond acceptors (Lipinski definition) is 4. The average molecular weight is 276 g/mol. The van der Waals surface area contributed by atoms with Gasteiger partial charge in [-0.2, -0.15) is 0 Å². The van der Waals surface area contributed by atoms with Gasteiger partial charge in [-0.05, 0) is 18.9 Å². The van der Waals surface area contributed by atoms with E-state index in [1.54, 1.807) is 18.5 Å². The van der Waals surface area contributed by atoms with Gasteiger partial charge in [0.1, 0.15) is 0 Å². The Labute approximate surface area is 118 Å². The summed E-state index contributed by atoms with van der Waals surface area (Å²) in [7, 11) is 0. The van der Waals surface area contributed by atoms with Crippen molar-refractivity contribution >= 4 is 17.5 Å². The molecule has 1 aromatic heterocycles. The van der Waals surface area contributed by atoms with Crippen LogP contribution < -0.4 is 16.0 Å². The average Bonchev–Trinajstić information content (AvgIpc) is 2.47. The minimum atomic E-state index is -0.132. The third kappa shape index (κ3) is 3.69. The molecule has 0 spiro atoms. The molecule has 6 heteroatoms. The molecule has 0 radical (unpaired) electrons. The second kappa shape index (κ2) is 6.88. The molecule has 2 amide bonds. The van der Waals surface area contributed by atoms with Gasteiger partial charge >= 0.3 is 0 Å². The van der Waals surface area contributed by atoms with Gasteiger partial charge in [-0.15, -0.1) is 0 Å². The van der Waals surface area contributed by atoms with E-state index >= 15 is 0 Å². The van der Waals surface area contributed by atoms with Crippen molar-refractivity contribution in [1.29, 1.82) is 0 Å². The molecule has 0 bridgehead atoms. The summed E-state index contributed by atoms with van der Waals surface area (Å²) in [6, 6.07) is 1.70. The van der Waals surface area contributed by atoms with E-state index in [-0.39, 0.29) is 17.9 Å². The van der Waals surface area contributed by atoms with Crippen LogP contribution in [-0.2, 0) is 4.79 Å². The Kier molecular flexibility index (Phi) is 4.92. The van der Waals surface area contributed by atoms with Gasteiger partial charge in [-0.1, -0.05) is 6.92 Å². The minimum absolute atomic E-state index is 0.00705. The third-order valence-electron chi connectivity index (χ3n) is 3.23. The molecule has 1 aromatic rings. The summed E-state index contributed by atoms with van der Waals surface area (Å²) in [6.07, 6.45) is 5.38. The monoisotopic (exact) mass is 276 g/mol. The quantitative estimate of drug-likeness (QED) is 0.746. The normalized spacial score (nSPS) is 18.2. The lowest BCUT2D eigenvalue weighted by Gasteiger charge is -2.24. The zero-order valence-corrected chi connectivity index (χ0v) is 11.6. The maximum absolute atomic E-state index is 12.3. The summed E-state index contributed by atoms with van der Waals surface area (Å²) in [5.41, 5.74) is 1.33. The van der Waals surface area contributed by atoms with Gasteiger partial charge in [0.2, 0.25) is 5.91 Å². The van der Waals surface area contributed by atoms with Crippen molar-refractivity contribution in [2.75, 3.05) is 18.4 Å². The van der Waals surface area contributed by atoms with Crippen LogP contribution in [0.4, 0.5) is 5.69 Å². The van der Waals surface area contributed by atoms with E-state index in [1.807, 2.05) is 0 Å². The van der Waals surface area contributed by atoms with E-state index in [0.717, 1.165) is 18.7 Å². The van der Waals surface area contributed by atoms with Crippen LogP contribution in [0.25, 0.3) is 0 Å². The van der Waals surface area contributed by atoms with Crippen LogP contribution in [0, 0.1) is 0 Å². The SMILES string of the molecule is CCCNc1cnccc1C(=O)NC1CCC(=O)NC1. The highest BCUT2D eigenvalue weighted by atomic mass is 16.2. The molecular formula is C14H20N4O2. The summed E-state index contributed by atoms with van der Waals surface area (Å²) in [5, 5.41) is 8.90. The van der Waals surface area contributed by atoms with E-state index in [2.05, 4.69) is 27.9 Å². The van der Waals surface area contributed by atoms with E-state index < -0.39 is 0 Å². The Morgan fingerprint density at radius 2 is 2.40 bits per heavy atom. The predicted octanol–water partition coefficient (Wildman–Crippen LogP) is 0.912. The van der Waals surface area contributed by atoms with Crippen LogP contribution >= 0.6 is 0 Å². The topological polar surface area (TPSA) is 83.1 Å². The maximum atomic E-state index is 12.3. The van der Waals surface area contributed by atoms with Gasteiger partial charge in [0.15, 0.2) is 0 Å². The van der Waals surface area contributed by atoms with E-state index in [4.69, 9.17) is 0 Å². The van der Waals surface area contributed by atoms with Crippen molar-refractivity contribution in [3.05, 3.63) is 24.0 Å². The second-order valence-electron chi connectivity index (χ2n) is 4.86. The van der Waals surface area contributed by atoms with E-state index in [9.17, 15) is 9.59 Å². The van der Waals surface area contributed by atoms with E-state index in [1.165, 1.54) is 0 Å². The second-order valence-corrected chi connectivity index (χ2v) is 4.86. The van der Waals surface area contributed by atoms with Crippen molar-refractivity contribution in [3.8, 4) is 0 Å². The van der Waals surface area contributed by atoms with Gasteiger partial charge in [0.05, 0.1) is 17.4 Å². The van der Waals surface area contributed by atoms with Crippen LogP contribution in [-0.4, -0.2) is 35.9 Å². The lowest BCUT2D eigenvalue weighted by Crippen LogP contribution is -2.47. The van der Waals surface area contributed by atoms with Crippen LogP contribution in [0.15, 0.2) is 18.5 Å². The molecule has 0 aliphatic carbocycles. The highest BCUT2D eigenvalue weighted by molar-refractivity contribution is 5.99. The lowest BCUT2D eigenvalue weighted by molar-refractivity contribution is -0.122. The zero-order chi connectivity index (χ0) is 14.4. The molecule has 1 fully saturated rings. The molecule has 1 aliphatic heterocycles. The maximum Gasteiger partial charge on any atom is 0.253 e. The molecule has 1 unspecified atom stereocenters. The fourth-order valence-electron chi connectivity index (χ4n) is 2.11. The standard InChI is InChI=1S/C14H20N4O2/c1-2-6-16-12-9-15-7-5-11(12)14(20)18-10-3-4-13(19)17-8-10/h5,7,9-10,16H,2-4,6,8H2,1H3,(H,17,19)(H,18,20). The molecule has 0 aromatic carbocycles. The number of rotatable bonds is 5. The molecule has 20 heavy (non-hydrogen) atoms. The number of anilines is 1. The Morgan fingerprint density at radius 3 is 3.10 bits per heavy atom. The first-order chi connectivity index (χ1) is 9.70. The van der Waals surface area contributed by atoms with Gasteiger partial charge in [0, 0.05) is 31.7 Å². The number of piperidine rings is 1. The number of aromatic nitrogens is 1. The first-order valence-corrected chi connectivity index (χ1v) is 6.96. The van der Waals surface area contributed by atoms with Gasteiger partial charge in [0.25, 0.3) is 5.91 Å². The first-order valence-electron chi connectivity index (χ1n) is 6.96. The Balaban J connectivity index is 1.99. The summed E-state index contributed by atoms with van der Waals surface area (Å²) < 4.78 is 0. The number of hydrogen-bond donors (Lipinski definition) is 3. The highest BCUT2D eigenvalue weighted by Gasteiger charge is 2.21. The fourth-order valence-corrected chi connectivity index (χ4v) is 2.11. The fraction of sp³-hybridized carbons (Fsp3) is 0.500. The smallest absolute Gasteiger partial charge is 0.253 e. The summed E-state index contributed by atoms with van der Waals surface area (Å²) in [6.45, 7) is 3.35. The molecule has 3 N–H and O–H groups in total. The van der Waals surface area contributed by atoms with Crippen LogP contribution in [0.2, 0.25) is 0 Å². The first kappa shape index (κ1) is 14.3. The molecule has 2 heterocycles. The summed E-state index contributed by atoms with van der Waals surface area (Å²) >= 11 is 0. The summed E-state index contributed by atoms with van der Waals surface area (Å²) in [4.78, 5) is 27.4. The predicted molar refractivity (Wildman–Crippen MR) is 76.5 cm³/mol. The molecule has 1 aliphatic rings. The van der Waals surface area contributed by atoms with Crippen LogP contribution in [0.5, 0.6) is 0 Å². The Hall–Kier alpha value is -2.11. The number of pyridine rings is 1. The van der Waals surface area contributed by atoms with Gasteiger partial charge < -0.3 is 16.0 Å². The van der Waals surface area contributed by atoms with Crippen molar-refractivity contribution in [2.24, 2.45) is 0 Å². The highest BCUT2D eigenvalue weighted by Crippen LogP contribution is 2.14. The molecular weight excluding hydrogens is 256 g/mol. The number of nitrogens with zero attached hydrogens (tertiary/aromatic N) is 1. The third-order valence-corrected chi connectivity index (χ3v) is 3.23. The van der Waals surface area contributed by atoms with Crippen molar-refractivity contribution < 1.29 is 9.59 Å². The number of carbonyl (C=O) groups is 2. The molecule has 108 valence electrons. The summed E-state index contributed by atoms with van der Waals surface area (Å²) in [5.74, 6) is -0.0862.